The second-order valence-electron chi connectivity index (χ2n) is 7.42. The van der Waals surface area contributed by atoms with Gasteiger partial charge in [-0.15, -0.1) is 0 Å². The van der Waals surface area contributed by atoms with E-state index in [1.807, 2.05) is 0 Å². The van der Waals surface area contributed by atoms with E-state index in [1.165, 1.54) is 13.4 Å². The van der Waals surface area contributed by atoms with Crippen LogP contribution in [0.15, 0.2) is 65.3 Å². The molecule has 1 aromatic heterocycles. The topological polar surface area (TPSA) is 113 Å². The van der Waals surface area contributed by atoms with Crippen LogP contribution in [0.5, 0.6) is 5.75 Å². The van der Waals surface area contributed by atoms with Crippen LogP contribution in [-0.4, -0.2) is 49.9 Å². The lowest BCUT2D eigenvalue weighted by Crippen LogP contribution is -2.36. The predicted molar refractivity (Wildman–Crippen MR) is 129 cm³/mol. The summed E-state index contributed by atoms with van der Waals surface area (Å²) >= 11 is 5.99. The quantitative estimate of drug-likeness (QED) is 0.406. The summed E-state index contributed by atoms with van der Waals surface area (Å²) in [6, 6.07) is 15.0. The van der Waals surface area contributed by atoms with Gasteiger partial charge in [0.1, 0.15) is 11.5 Å². The number of anilines is 2. The highest BCUT2D eigenvalue weighted by molar-refractivity contribution is 6.31. The number of likely N-dealkylation sites (N-methyl/N-ethyl adjacent to an activating group) is 1. The molecule has 0 saturated heterocycles. The fraction of sp³-hybridized carbons (Fsp3) is 0.208. The molecule has 34 heavy (non-hydrogen) atoms. The lowest BCUT2D eigenvalue weighted by Gasteiger charge is -2.17. The number of rotatable bonds is 10. The lowest BCUT2D eigenvalue weighted by atomic mass is 10.1. The molecule has 9 nitrogen and oxygen atoms in total. The maximum atomic E-state index is 12.6. The number of nitrogens with one attached hydrogen (secondary N) is 3. The summed E-state index contributed by atoms with van der Waals surface area (Å²) in [4.78, 5) is 39.1. The number of ether oxygens (including phenoxy) is 1. The number of furan rings is 1. The minimum atomic E-state index is -0.373. The molecule has 0 unspecified atom stereocenters. The zero-order chi connectivity index (χ0) is 24.5. The lowest BCUT2D eigenvalue weighted by molar-refractivity contribution is -0.119. The van der Waals surface area contributed by atoms with Crippen LogP contribution in [0.1, 0.15) is 16.1 Å². The number of hydrogen-bond acceptors (Lipinski definition) is 6. The molecule has 3 N–H and O–H groups in total. The molecule has 178 valence electrons. The van der Waals surface area contributed by atoms with Crippen molar-refractivity contribution in [2.24, 2.45) is 0 Å². The van der Waals surface area contributed by atoms with E-state index in [2.05, 4.69) is 16.0 Å². The van der Waals surface area contributed by atoms with Crippen molar-refractivity contribution >= 4 is 40.7 Å². The van der Waals surface area contributed by atoms with E-state index >= 15 is 0 Å². The predicted octanol–water partition coefficient (Wildman–Crippen LogP) is 3.38. The Labute approximate surface area is 202 Å². The SMILES string of the molecule is COc1ccc(Cl)cc1NC(=O)CN(C)CC(=O)Nc1ccccc1C(=O)NCc1ccco1. The van der Waals surface area contributed by atoms with Gasteiger partial charge in [0.2, 0.25) is 11.8 Å². The Balaban J connectivity index is 1.53. The molecule has 0 saturated carbocycles. The molecule has 0 aliphatic carbocycles. The molecule has 10 heteroatoms. The van der Waals surface area contributed by atoms with Gasteiger partial charge in [-0.05, 0) is 49.5 Å². The Hall–Kier alpha value is -3.82. The van der Waals surface area contributed by atoms with Gasteiger partial charge in [-0.1, -0.05) is 23.7 Å². The Morgan fingerprint density at radius 3 is 2.35 bits per heavy atom. The number of nitrogens with zero attached hydrogens (tertiary/aromatic N) is 1. The fourth-order valence-electron chi connectivity index (χ4n) is 3.17. The normalized spacial score (nSPS) is 10.6. The highest BCUT2D eigenvalue weighted by Gasteiger charge is 2.16. The highest BCUT2D eigenvalue weighted by atomic mass is 35.5. The van der Waals surface area contributed by atoms with Crippen molar-refractivity contribution in [1.82, 2.24) is 10.2 Å². The second-order valence-corrected chi connectivity index (χ2v) is 7.86. The van der Waals surface area contributed by atoms with E-state index in [-0.39, 0.29) is 37.4 Å². The third-order valence-electron chi connectivity index (χ3n) is 4.71. The standard InChI is InChI=1S/C24H25ClN4O5/c1-29(15-23(31)28-20-12-16(25)9-10-21(20)33-2)14-22(30)27-19-8-4-3-7-18(19)24(32)26-13-17-6-5-11-34-17/h3-12H,13-15H2,1-2H3,(H,26,32)(H,27,30)(H,28,31). The summed E-state index contributed by atoms with van der Waals surface area (Å²) in [5.74, 6) is 0.0243. The van der Waals surface area contributed by atoms with Crippen molar-refractivity contribution < 1.29 is 23.5 Å². The monoisotopic (exact) mass is 484 g/mol. The molecule has 3 amide bonds. The number of para-hydroxylation sites is 1. The van der Waals surface area contributed by atoms with Crippen LogP contribution in [-0.2, 0) is 16.1 Å². The summed E-state index contributed by atoms with van der Waals surface area (Å²) in [5, 5.41) is 8.66. The molecule has 0 bridgehead atoms. The largest absolute Gasteiger partial charge is 0.495 e. The summed E-state index contributed by atoms with van der Waals surface area (Å²) in [6.45, 7) is 0.111. The summed E-state index contributed by atoms with van der Waals surface area (Å²) in [7, 11) is 3.13. The van der Waals surface area contributed by atoms with Gasteiger partial charge in [0.15, 0.2) is 0 Å². The van der Waals surface area contributed by atoms with Crippen molar-refractivity contribution in [2.45, 2.75) is 6.54 Å². The first-order valence-electron chi connectivity index (χ1n) is 10.4. The fourth-order valence-corrected chi connectivity index (χ4v) is 3.34. The Morgan fingerprint density at radius 1 is 0.971 bits per heavy atom. The third kappa shape index (κ3) is 7.09. The van der Waals surface area contributed by atoms with Crippen LogP contribution in [0.3, 0.4) is 0 Å². The molecule has 2 aromatic carbocycles. The first-order valence-corrected chi connectivity index (χ1v) is 10.7. The van der Waals surface area contributed by atoms with Crippen LogP contribution in [0, 0.1) is 0 Å². The van der Waals surface area contributed by atoms with E-state index in [9.17, 15) is 14.4 Å². The first kappa shape index (κ1) is 24.8. The average Bonchev–Trinajstić information content (AvgIpc) is 3.31. The zero-order valence-corrected chi connectivity index (χ0v) is 19.5. The van der Waals surface area contributed by atoms with Crippen LogP contribution in [0.25, 0.3) is 0 Å². The molecule has 0 spiro atoms. The van der Waals surface area contributed by atoms with Gasteiger partial charge in [-0.2, -0.15) is 0 Å². The van der Waals surface area contributed by atoms with Crippen molar-refractivity contribution in [2.75, 3.05) is 37.9 Å². The van der Waals surface area contributed by atoms with E-state index in [4.69, 9.17) is 20.8 Å². The first-order chi connectivity index (χ1) is 16.4. The summed E-state index contributed by atoms with van der Waals surface area (Å²) in [6.07, 6.45) is 1.53. The van der Waals surface area contributed by atoms with Gasteiger partial charge in [0.25, 0.3) is 5.91 Å². The van der Waals surface area contributed by atoms with E-state index in [0.29, 0.717) is 33.5 Å². The number of halogens is 1. The van der Waals surface area contributed by atoms with Gasteiger partial charge in [-0.25, -0.2) is 0 Å². The number of methoxy groups -OCH3 is 1. The van der Waals surface area contributed by atoms with Gasteiger partial charge in [0.05, 0.1) is 49.9 Å². The Kier molecular flexibility index (Phi) is 8.66. The van der Waals surface area contributed by atoms with Crippen molar-refractivity contribution in [1.29, 1.82) is 0 Å². The minimum Gasteiger partial charge on any atom is -0.495 e. The summed E-state index contributed by atoms with van der Waals surface area (Å²) in [5.41, 5.74) is 1.12. The van der Waals surface area contributed by atoms with Crippen molar-refractivity contribution in [3.8, 4) is 5.75 Å². The maximum Gasteiger partial charge on any atom is 0.253 e. The van der Waals surface area contributed by atoms with Gasteiger partial charge >= 0.3 is 0 Å². The van der Waals surface area contributed by atoms with Crippen molar-refractivity contribution in [3.05, 3.63) is 77.2 Å². The van der Waals surface area contributed by atoms with Crippen LogP contribution in [0.2, 0.25) is 5.02 Å². The molecule has 3 aromatic rings. The van der Waals surface area contributed by atoms with Crippen LogP contribution >= 0.6 is 11.6 Å². The molecular weight excluding hydrogens is 460 g/mol. The molecule has 0 radical (unpaired) electrons. The third-order valence-corrected chi connectivity index (χ3v) is 4.95. The van der Waals surface area contributed by atoms with Gasteiger partial charge < -0.3 is 25.1 Å². The van der Waals surface area contributed by atoms with Crippen LogP contribution in [0.4, 0.5) is 11.4 Å². The van der Waals surface area contributed by atoms with E-state index in [1.54, 1.807) is 66.5 Å². The number of hydrogen-bond donors (Lipinski definition) is 3. The Morgan fingerprint density at radius 2 is 1.68 bits per heavy atom. The van der Waals surface area contributed by atoms with Crippen molar-refractivity contribution in [3.63, 3.8) is 0 Å². The number of carbonyl (C=O) groups is 3. The molecule has 1 heterocycles. The molecule has 0 fully saturated rings. The Bertz CT molecular complexity index is 1150. The smallest absolute Gasteiger partial charge is 0.253 e. The second kappa shape index (κ2) is 11.9. The maximum absolute atomic E-state index is 12.6. The summed E-state index contributed by atoms with van der Waals surface area (Å²) < 4.78 is 10.4. The number of amides is 3. The zero-order valence-electron chi connectivity index (χ0n) is 18.8. The average molecular weight is 485 g/mol. The molecule has 0 atom stereocenters. The van der Waals surface area contributed by atoms with Gasteiger partial charge in [0, 0.05) is 5.02 Å². The highest BCUT2D eigenvalue weighted by Crippen LogP contribution is 2.27. The molecule has 0 aliphatic rings. The number of benzene rings is 2. The minimum absolute atomic E-state index is 0.0473. The number of carbonyl (C=O) groups excluding carboxylic acids is 3. The van der Waals surface area contributed by atoms with Gasteiger partial charge in [-0.3, -0.25) is 19.3 Å². The molecule has 3 rings (SSSR count). The van der Waals surface area contributed by atoms with E-state index < -0.39 is 0 Å². The molecule has 0 aliphatic heterocycles. The van der Waals surface area contributed by atoms with Crippen LogP contribution < -0.4 is 20.7 Å². The molecular formula is C24H25ClN4O5. The van der Waals surface area contributed by atoms with E-state index in [0.717, 1.165) is 0 Å².